The van der Waals surface area contributed by atoms with Crippen LogP contribution in [0.2, 0.25) is 0 Å². The molecule has 27 heavy (non-hydrogen) atoms. The van der Waals surface area contributed by atoms with Crippen molar-refractivity contribution in [3.05, 3.63) is 65.5 Å². The highest BCUT2D eigenvalue weighted by molar-refractivity contribution is 5.94. The fourth-order valence-electron chi connectivity index (χ4n) is 3.34. The zero-order valence-electron chi connectivity index (χ0n) is 16.7. The molecule has 4 heteroatoms. The molecule has 0 aliphatic carbocycles. The van der Waals surface area contributed by atoms with Gasteiger partial charge in [0.1, 0.15) is 5.65 Å². The number of pyridine rings is 1. The lowest BCUT2D eigenvalue weighted by atomic mass is 9.87. The van der Waals surface area contributed by atoms with Crippen LogP contribution in [-0.2, 0) is 18.4 Å². The summed E-state index contributed by atoms with van der Waals surface area (Å²) in [7, 11) is 0. The van der Waals surface area contributed by atoms with Gasteiger partial charge in [-0.15, -0.1) is 0 Å². The maximum atomic E-state index is 12.4. The summed E-state index contributed by atoms with van der Waals surface area (Å²) in [4.78, 5) is 17.0. The Hall–Kier alpha value is -2.62. The molecule has 1 N–H and O–H groups in total. The molecule has 0 spiro atoms. The number of aromatic nitrogens is 2. The van der Waals surface area contributed by atoms with E-state index in [-0.39, 0.29) is 11.3 Å². The predicted molar refractivity (Wildman–Crippen MR) is 111 cm³/mol. The van der Waals surface area contributed by atoms with Crippen LogP contribution in [0.1, 0.15) is 55.6 Å². The molecular formula is C23H29N3O. The summed E-state index contributed by atoms with van der Waals surface area (Å²) in [5.74, 6) is -0.0223. The van der Waals surface area contributed by atoms with E-state index in [2.05, 4.69) is 54.8 Å². The van der Waals surface area contributed by atoms with Crippen molar-refractivity contribution in [1.29, 1.82) is 0 Å². The van der Waals surface area contributed by atoms with Crippen molar-refractivity contribution in [1.82, 2.24) is 14.9 Å². The Morgan fingerprint density at radius 2 is 1.89 bits per heavy atom. The molecule has 0 aliphatic heterocycles. The van der Waals surface area contributed by atoms with Crippen molar-refractivity contribution < 1.29 is 4.79 Å². The topological polar surface area (TPSA) is 46.9 Å². The molecule has 0 radical (unpaired) electrons. The molecule has 2 heterocycles. The summed E-state index contributed by atoms with van der Waals surface area (Å²) in [6.45, 7) is 10.3. The van der Waals surface area contributed by atoms with Crippen molar-refractivity contribution in [2.45, 2.75) is 52.5 Å². The summed E-state index contributed by atoms with van der Waals surface area (Å²) >= 11 is 0. The second-order valence-corrected chi connectivity index (χ2v) is 8.06. The number of benzene rings is 1. The lowest BCUT2D eigenvalue weighted by Gasteiger charge is -2.19. The summed E-state index contributed by atoms with van der Waals surface area (Å²) in [5, 5.41) is 4.22. The molecule has 3 rings (SSSR count). The molecule has 4 nitrogen and oxygen atoms in total. The van der Waals surface area contributed by atoms with Gasteiger partial charge in [-0.2, -0.15) is 0 Å². The lowest BCUT2D eigenvalue weighted by Crippen LogP contribution is -2.25. The number of nitrogens with one attached hydrogen (secondary N) is 1. The maximum Gasteiger partial charge on any atom is 0.251 e. The Morgan fingerprint density at radius 1 is 1.15 bits per heavy atom. The van der Waals surface area contributed by atoms with Gasteiger partial charge < -0.3 is 9.88 Å². The minimum Gasteiger partial charge on any atom is -0.352 e. The van der Waals surface area contributed by atoms with E-state index >= 15 is 0 Å². The van der Waals surface area contributed by atoms with Gasteiger partial charge in [0.2, 0.25) is 0 Å². The minimum absolute atomic E-state index is 0.0223. The Morgan fingerprint density at radius 3 is 2.56 bits per heavy atom. The van der Waals surface area contributed by atoms with E-state index < -0.39 is 0 Å². The average molecular weight is 364 g/mol. The summed E-state index contributed by atoms with van der Waals surface area (Å²) in [6.07, 6.45) is 5.87. The standard InChI is InChI=1S/C23H29N3O/c1-5-15-26-16-18(20-7-6-13-24-21(20)26)12-14-25-22(27)17-8-10-19(11-9-17)23(2,3)4/h6-11,13,16H,5,12,14-15H2,1-4H3,(H,25,27). The zero-order chi connectivity index (χ0) is 19.4. The van der Waals surface area contributed by atoms with Gasteiger partial charge in [0.25, 0.3) is 5.91 Å². The van der Waals surface area contributed by atoms with Crippen LogP contribution in [-0.4, -0.2) is 22.0 Å². The molecule has 0 unspecified atom stereocenters. The fourth-order valence-corrected chi connectivity index (χ4v) is 3.34. The van der Waals surface area contributed by atoms with Crippen molar-refractivity contribution >= 4 is 16.9 Å². The van der Waals surface area contributed by atoms with Crippen LogP contribution in [0.3, 0.4) is 0 Å². The van der Waals surface area contributed by atoms with Crippen molar-refractivity contribution in [2.24, 2.45) is 0 Å². The van der Waals surface area contributed by atoms with E-state index in [1.165, 1.54) is 16.5 Å². The van der Waals surface area contributed by atoms with Gasteiger partial charge in [-0.05, 0) is 53.6 Å². The SMILES string of the molecule is CCCn1cc(CCNC(=O)c2ccc(C(C)(C)C)cc2)c2cccnc21. The Bertz CT molecular complexity index is 917. The van der Waals surface area contributed by atoms with Gasteiger partial charge in [0.05, 0.1) is 0 Å². The number of hydrogen-bond donors (Lipinski definition) is 1. The number of carbonyl (C=O) groups excluding carboxylic acids is 1. The number of rotatable bonds is 6. The Balaban J connectivity index is 1.64. The second-order valence-electron chi connectivity index (χ2n) is 8.06. The fraction of sp³-hybridized carbons (Fsp3) is 0.391. The zero-order valence-corrected chi connectivity index (χ0v) is 16.7. The van der Waals surface area contributed by atoms with E-state index in [0.717, 1.165) is 25.0 Å². The molecule has 0 saturated carbocycles. The van der Waals surface area contributed by atoms with E-state index in [1.807, 2.05) is 36.5 Å². The smallest absolute Gasteiger partial charge is 0.251 e. The van der Waals surface area contributed by atoms with Crippen LogP contribution in [0.5, 0.6) is 0 Å². The second kappa shape index (κ2) is 7.95. The van der Waals surface area contributed by atoms with E-state index in [0.29, 0.717) is 12.1 Å². The van der Waals surface area contributed by atoms with Crippen LogP contribution in [0.4, 0.5) is 0 Å². The molecule has 1 aromatic carbocycles. The first-order chi connectivity index (χ1) is 12.9. The van der Waals surface area contributed by atoms with Crippen LogP contribution >= 0.6 is 0 Å². The molecule has 0 aliphatic rings. The first-order valence-electron chi connectivity index (χ1n) is 9.71. The maximum absolute atomic E-state index is 12.4. The minimum atomic E-state index is -0.0223. The van der Waals surface area contributed by atoms with E-state index in [1.54, 1.807) is 0 Å². The predicted octanol–water partition coefficient (Wildman–Crippen LogP) is 4.72. The molecule has 3 aromatic rings. The summed E-state index contributed by atoms with van der Waals surface area (Å²) in [5.41, 5.74) is 4.29. The quantitative estimate of drug-likeness (QED) is 0.689. The number of aryl methyl sites for hydroxylation is 1. The van der Waals surface area contributed by atoms with Gasteiger partial charge >= 0.3 is 0 Å². The van der Waals surface area contributed by atoms with E-state index in [4.69, 9.17) is 0 Å². The van der Waals surface area contributed by atoms with Crippen molar-refractivity contribution in [3.63, 3.8) is 0 Å². The van der Waals surface area contributed by atoms with Crippen molar-refractivity contribution in [3.8, 4) is 0 Å². The number of amides is 1. The monoisotopic (exact) mass is 363 g/mol. The van der Waals surface area contributed by atoms with Gasteiger partial charge in [0, 0.05) is 36.4 Å². The Labute approximate surface area is 161 Å². The molecule has 0 fully saturated rings. The molecule has 1 amide bonds. The summed E-state index contributed by atoms with van der Waals surface area (Å²) < 4.78 is 2.21. The molecule has 0 atom stereocenters. The number of hydrogen-bond acceptors (Lipinski definition) is 2. The first-order valence-corrected chi connectivity index (χ1v) is 9.71. The third kappa shape index (κ3) is 4.38. The van der Waals surface area contributed by atoms with Gasteiger partial charge in [0.15, 0.2) is 0 Å². The molecule has 0 saturated heterocycles. The highest BCUT2D eigenvalue weighted by Gasteiger charge is 2.14. The third-order valence-electron chi connectivity index (χ3n) is 4.87. The lowest BCUT2D eigenvalue weighted by molar-refractivity contribution is 0.0954. The highest BCUT2D eigenvalue weighted by atomic mass is 16.1. The first kappa shape index (κ1) is 19.2. The Kier molecular flexibility index (Phi) is 5.64. The number of carbonyl (C=O) groups is 1. The number of fused-ring (bicyclic) bond motifs is 1. The van der Waals surface area contributed by atoms with Gasteiger partial charge in [-0.25, -0.2) is 4.98 Å². The van der Waals surface area contributed by atoms with Gasteiger partial charge in [-0.1, -0.05) is 39.8 Å². The van der Waals surface area contributed by atoms with E-state index in [9.17, 15) is 4.79 Å². The summed E-state index contributed by atoms with van der Waals surface area (Å²) in [6, 6.07) is 12.0. The number of nitrogens with zero attached hydrogens (tertiary/aromatic N) is 2. The van der Waals surface area contributed by atoms with Crippen LogP contribution < -0.4 is 5.32 Å². The molecule has 142 valence electrons. The van der Waals surface area contributed by atoms with Gasteiger partial charge in [-0.3, -0.25) is 4.79 Å². The van der Waals surface area contributed by atoms with Crippen LogP contribution in [0.15, 0.2) is 48.8 Å². The normalized spacial score (nSPS) is 11.7. The average Bonchev–Trinajstić information content (AvgIpc) is 2.99. The molecule has 2 aromatic heterocycles. The van der Waals surface area contributed by atoms with Crippen LogP contribution in [0.25, 0.3) is 11.0 Å². The van der Waals surface area contributed by atoms with Crippen molar-refractivity contribution in [2.75, 3.05) is 6.54 Å². The largest absolute Gasteiger partial charge is 0.352 e. The van der Waals surface area contributed by atoms with Crippen LogP contribution in [0, 0.1) is 0 Å². The molecule has 0 bridgehead atoms. The highest BCUT2D eigenvalue weighted by Crippen LogP contribution is 2.22. The molecular weight excluding hydrogens is 334 g/mol. The third-order valence-corrected chi connectivity index (χ3v) is 4.87.